The Kier molecular flexibility index (Phi) is 10.9. The summed E-state index contributed by atoms with van der Waals surface area (Å²) in [6.45, 7) is 10.7. The second-order valence-electron chi connectivity index (χ2n) is 11.2. The molecule has 0 amide bonds. The van der Waals surface area contributed by atoms with Gasteiger partial charge in [0.1, 0.15) is 12.2 Å². The molecule has 0 saturated carbocycles. The van der Waals surface area contributed by atoms with Gasteiger partial charge in [0.2, 0.25) is 0 Å². The lowest BCUT2D eigenvalue weighted by Crippen LogP contribution is -2.39. The van der Waals surface area contributed by atoms with Crippen LogP contribution >= 0.6 is 0 Å². The van der Waals surface area contributed by atoms with Gasteiger partial charge in [0, 0.05) is 18.3 Å². The third-order valence-corrected chi connectivity index (χ3v) is 7.40. The third-order valence-electron chi connectivity index (χ3n) is 7.40. The van der Waals surface area contributed by atoms with E-state index in [4.69, 9.17) is 9.47 Å². The highest BCUT2D eigenvalue weighted by Gasteiger charge is 2.47. The predicted octanol–water partition coefficient (Wildman–Crippen LogP) is 2.57. The first-order chi connectivity index (χ1) is 16.7. The van der Waals surface area contributed by atoms with Crippen LogP contribution in [0, 0.1) is 11.8 Å². The topological polar surface area (TPSA) is 140 Å². The Hall–Kier alpha value is -1.55. The Bertz CT molecular complexity index is 814. The Labute approximate surface area is 215 Å². The van der Waals surface area contributed by atoms with E-state index in [2.05, 4.69) is 0 Å². The highest BCUT2D eigenvalue weighted by atomic mass is 16.6. The molecule has 0 aromatic carbocycles. The maximum absolute atomic E-state index is 12.5. The van der Waals surface area contributed by atoms with Gasteiger partial charge in [-0.2, -0.15) is 0 Å². The minimum absolute atomic E-state index is 0.00739. The molecule has 2 rings (SSSR count). The normalized spacial score (nSPS) is 38.9. The van der Waals surface area contributed by atoms with Crippen LogP contribution in [0.3, 0.4) is 0 Å². The number of carbonyl (C=O) groups excluding carboxylic acids is 1. The lowest BCUT2D eigenvalue weighted by atomic mass is 9.89. The molecule has 5 N–H and O–H groups in total. The standard InChI is InChI=1S/C28H46O8/c1-7-21(30)19(4)26-22(35-26)16-27(5,33)13-8-9-17(2)25-18(3)10-11-23(31)28(6,34)14-12-20(29)15-24(32)36-25/h8-11,13,18-23,25-26,29-31,33-34H,7,12,14-16H2,1-6H3/b11-10-,13-8+,17-9+. The number of hydrogen-bond donors (Lipinski definition) is 5. The van der Waals surface area contributed by atoms with Crippen molar-refractivity contribution in [3.63, 3.8) is 0 Å². The van der Waals surface area contributed by atoms with Gasteiger partial charge in [0.25, 0.3) is 0 Å². The number of carbonyl (C=O) groups is 1. The number of cyclic esters (lactones) is 1. The van der Waals surface area contributed by atoms with Crippen LogP contribution in [0.1, 0.15) is 73.6 Å². The first-order valence-electron chi connectivity index (χ1n) is 13.0. The molecule has 0 aromatic rings. The second-order valence-corrected chi connectivity index (χ2v) is 11.2. The van der Waals surface area contributed by atoms with Crippen molar-refractivity contribution in [2.45, 2.75) is 121 Å². The smallest absolute Gasteiger partial charge is 0.309 e. The number of aliphatic hydroxyl groups is 5. The number of ether oxygens (including phenoxy) is 2. The van der Waals surface area contributed by atoms with E-state index >= 15 is 0 Å². The quantitative estimate of drug-likeness (QED) is 0.145. The fourth-order valence-electron chi connectivity index (χ4n) is 4.65. The molecule has 10 atom stereocenters. The van der Waals surface area contributed by atoms with E-state index in [9.17, 15) is 30.3 Å². The maximum atomic E-state index is 12.5. The molecule has 0 bridgehead atoms. The second kappa shape index (κ2) is 12.8. The summed E-state index contributed by atoms with van der Waals surface area (Å²) >= 11 is 0. The molecule has 10 unspecified atom stereocenters. The van der Waals surface area contributed by atoms with Gasteiger partial charge in [0.05, 0.1) is 42.0 Å². The summed E-state index contributed by atoms with van der Waals surface area (Å²) in [5, 5.41) is 52.0. The Morgan fingerprint density at radius 1 is 1.33 bits per heavy atom. The number of hydrogen-bond acceptors (Lipinski definition) is 8. The Morgan fingerprint density at radius 3 is 2.64 bits per heavy atom. The Balaban J connectivity index is 2.10. The summed E-state index contributed by atoms with van der Waals surface area (Å²) in [7, 11) is 0. The van der Waals surface area contributed by atoms with Crippen molar-refractivity contribution < 1.29 is 39.8 Å². The van der Waals surface area contributed by atoms with E-state index in [0.717, 1.165) is 5.57 Å². The largest absolute Gasteiger partial charge is 0.457 e. The van der Waals surface area contributed by atoms with Crippen molar-refractivity contribution in [2.24, 2.45) is 11.8 Å². The molecule has 0 spiro atoms. The van der Waals surface area contributed by atoms with E-state index in [1.807, 2.05) is 27.7 Å². The van der Waals surface area contributed by atoms with Crippen LogP contribution in [-0.4, -0.2) is 79.3 Å². The molecule has 8 heteroatoms. The SMILES string of the molecule is CCC(O)C(C)C1OC1CC(C)(O)/C=C/C=C(\C)C1OC(=O)CC(O)CCC(C)(O)C(O)/C=C\C1C. The lowest BCUT2D eigenvalue weighted by Gasteiger charge is -2.30. The lowest BCUT2D eigenvalue weighted by molar-refractivity contribution is -0.151. The molecule has 1 saturated heterocycles. The van der Waals surface area contributed by atoms with Crippen LogP contribution in [-0.2, 0) is 14.3 Å². The molecule has 36 heavy (non-hydrogen) atoms. The molecule has 8 nitrogen and oxygen atoms in total. The van der Waals surface area contributed by atoms with Crippen LogP contribution in [0.15, 0.2) is 36.0 Å². The highest BCUT2D eigenvalue weighted by molar-refractivity contribution is 5.70. The third kappa shape index (κ3) is 9.08. The number of esters is 1. The van der Waals surface area contributed by atoms with Crippen LogP contribution in [0.5, 0.6) is 0 Å². The van der Waals surface area contributed by atoms with Crippen molar-refractivity contribution in [3.8, 4) is 0 Å². The average Bonchev–Trinajstić information content (AvgIpc) is 3.55. The molecule has 0 aliphatic carbocycles. The van der Waals surface area contributed by atoms with E-state index in [1.54, 1.807) is 31.2 Å². The van der Waals surface area contributed by atoms with Gasteiger partial charge in [-0.1, -0.05) is 51.2 Å². The number of rotatable bonds is 8. The van der Waals surface area contributed by atoms with Gasteiger partial charge in [-0.3, -0.25) is 4.79 Å². The van der Waals surface area contributed by atoms with E-state index < -0.39 is 41.6 Å². The van der Waals surface area contributed by atoms with Gasteiger partial charge < -0.3 is 35.0 Å². The van der Waals surface area contributed by atoms with Gasteiger partial charge in [0.15, 0.2) is 0 Å². The van der Waals surface area contributed by atoms with Crippen LogP contribution < -0.4 is 0 Å². The van der Waals surface area contributed by atoms with Crippen molar-refractivity contribution >= 4 is 5.97 Å². The van der Waals surface area contributed by atoms with Gasteiger partial charge in [-0.05, 0) is 45.6 Å². The number of aliphatic hydroxyl groups excluding tert-OH is 3. The average molecular weight is 511 g/mol. The summed E-state index contributed by atoms with van der Waals surface area (Å²) in [6, 6.07) is 0. The monoisotopic (exact) mass is 510 g/mol. The number of epoxide rings is 1. The van der Waals surface area contributed by atoms with Crippen LogP contribution in [0.4, 0.5) is 0 Å². The minimum atomic E-state index is -1.42. The van der Waals surface area contributed by atoms with Gasteiger partial charge in [-0.25, -0.2) is 0 Å². The predicted molar refractivity (Wildman–Crippen MR) is 137 cm³/mol. The summed E-state index contributed by atoms with van der Waals surface area (Å²) in [6.07, 6.45) is 6.13. The van der Waals surface area contributed by atoms with Crippen molar-refractivity contribution in [1.82, 2.24) is 0 Å². The fraction of sp³-hybridized carbons (Fsp3) is 0.750. The zero-order chi connectivity index (χ0) is 27.3. The zero-order valence-electron chi connectivity index (χ0n) is 22.5. The zero-order valence-corrected chi connectivity index (χ0v) is 22.5. The Morgan fingerprint density at radius 2 is 2.00 bits per heavy atom. The summed E-state index contributed by atoms with van der Waals surface area (Å²) in [5.41, 5.74) is -1.83. The molecular weight excluding hydrogens is 464 g/mol. The van der Waals surface area contributed by atoms with Crippen molar-refractivity contribution in [1.29, 1.82) is 0 Å². The van der Waals surface area contributed by atoms with Crippen molar-refractivity contribution in [2.75, 3.05) is 0 Å². The van der Waals surface area contributed by atoms with E-state index in [1.165, 1.54) is 13.0 Å². The van der Waals surface area contributed by atoms with Crippen molar-refractivity contribution in [3.05, 3.63) is 36.0 Å². The molecule has 206 valence electrons. The first kappa shape index (κ1) is 30.7. The fourth-order valence-corrected chi connectivity index (χ4v) is 4.65. The minimum Gasteiger partial charge on any atom is -0.457 e. The molecule has 2 heterocycles. The van der Waals surface area contributed by atoms with Crippen LogP contribution in [0.25, 0.3) is 0 Å². The molecule has 2 aliphatic heterocycles. The van der Waals surface area contributed by atoms with Gasteiger partial charge in [-0.15, -0.1) is 0 Å². The van der Waals surface area contributed by atoms with E-state index in [0.29, 0.717) is 12.8 Å². The molecule has 2 aliphatic rings. The van der Waals surface area contributed by atoms with Gasteiger partial charge >= 0.3 is 5.97 Å². The maximum Gasteiger partial charge on any atom is 0.309 e. The highest BCUT2D eigenvalue weighted by Crippen LogP contribution is 2.37. The summed E-state index contributed by atoms with van der Waals surface area (Å²) < 4.78 is 11.4. The van der Waals surface area contributed by atoms with E-state index in [-0.39, 0.29) is 43.3 Å². The summed E-state index contributed by atoms with van der Waals surface area (Å²) in [5.74, 6) is -0.848. The molecular formula is C28H46O8. The molecule has 1 fully saturated rings. The number of allylic oxidation sites excluding steroid dienone is 2. The molecule has 0 aromatic heterocycles. The first-order valence-corrected chi connectivity index (χ1v) is 13.0. The summed E-state index contributed by atoms with van der Waals surface area (Å²) in [4.78, 5) is 12.5. The van der Waals surface area contributed by atoms with Crippen LogP contribution in [0.2, 0.25) is 0 Å². The molecule has 0 radical (unpaired) electrons.